The van der Waals surface area contributed by atoms with Gasteiger partial charge in [-0.05, 0) is 36.8 Å². The Kier molecular flexibility index (Phi) is 3.99. The molecule has 0 amide bonds. The minimum Gasteiger partial charge on any atom is -0.495 e. The summed E-state index contributed by atoms with van der Waals surface area (Å²) in [4.78, 5) is 4.22. The Balaban J connectivity index is 2.13. The maximum Gasteiger partial charge on any atom is 0.136 e. The molecule has 4 heteroatoms. The van der Waals surface area contributed by atoms with Crippen molar-refractivity contribution in [3.63, 3.8) is 0 Å². The molecule has 0 fully saturated rings. The molecule has 2 aromatic rings. The molecule has 0 unspecified atom stereocenters. The van der Waals surface area contributed by atoms with E-state index in [1.807, 2.05) is 37.3 Å². The smallest absolute Gasteiger partial charge is 0.136 e. The zero-order chi connectivity index (χ0) is 13.7. The van der Waals surface area contributed by atoms with Crippen LogP contribution in [0, 0.1) is 18.3 Å². The first-order valence-corrected chi connectivity index (χ1v) is 5.97. The first kappa shape index (κ1) is 12.9. The second-order valence-corrected chi connectivity index (χ2v) is 4.14. The third kappa shape index (κ3) is 3.02. The Morgan fingerprint density at radius 3 is 2.89 bits per heavy atom. The molecule has 1 aromatic carbocycles. The maximum absolute atomic E-state index is 9.04. The van der Waals surface area contributed by atoms with Crippen LogP contribution in [0.1, 0.15) is 16.8 Å². The van der Waals surface area contributed by atoms with E-state index in [1.165, 1.54) is 0 Å². The number of nitrogens with zero attached hydrogens (tertiary/aromatic N) is 2. The van der Waals surface area contributed by atoms with Gasteiger partial charge >= 0.3 is 0 Å². The molecule has 96 valence electrons. The molecule has 0 bridgehead atoms. The van der Waals surface area contributed by atoms with Crippen LogP contribution in [0.2, 0.25) is 0 Å². The Labute approximate surface area is 112 Å². The van der Waals surface area contributed by atoms with Crippen molar-refractivity contribution in [1.82, 2.24) is 4.98 Å². The van der Waals surface area contributed by atoms with Gasteiger partial charge in [-0.15, -0.1) is 0 Å². The quantitative estimate of drug-likeness (QED) is 0.910. The number of hydrogen-bond acceptors (Lipinski definition) is 4. The van der Waals surface area contributed by atoms with Crippen LogP contribution in [-0.2, 0) is 6.54 Å². The highest BCUT2D eigenvalue weighted by Gasteiger charge is 2.04. The van der Waals surface area contributed by atoms with E-state index in [4.69, 9.17) is 10.00 Å². The minimum atomic E-state index is 0.546. The lowest BCUT2D eigenvalue weighted by Crippen LogP contribution is -2.02. The third-order valence-corrected chi connectivity index (χ3v) is 2.87. The predicted octanol–water partition coefficient (Wildman–Crippen LogP) is 2.88. The van der Waals surface area contributed by atoms with Gasteiger partial charge < -0.3 is 10.1 Å². The van der Waals surface area contributed by atoms with Gasteiger partial charge in [0.2, 0.25) is 0 Å². The van der Waals surface area contributed by atoms with Crippen molar-refractivity contribution >= 4 is 5.69 Å². The molecule has 0 aliphatic heterocycles. The number of pyridine rings is 1. The van der Waals surface area contributed by atoms with Gasteiger partial charge in [0.05, 0.1) is 24.1 Å². The average Bonchev–Trinajstić information content (AvgIpc) is 2.46. The van der Waals surface area contributed by atoms with Gasteiger partial charge in [-0.2, -0.15) is 5.26 Å². The van der Waals surface area contributed by atoms with Crippen molar-refractivity contribution < 1.29 is 4.74 Å². The third-order valence-electron chi connectivity index (χ3n) is 2.87. The zero-order valence-corrected chi connectivity index (χ0v) is 11.0. The van der Waals surface area contributed by atoms with Crippen LogP contribution in [0.15, 0.2) is 36.5 Å². The largest absolute Gasteiger partial charge is 0.495 e. The summed E-state index contributed by atoms with van der Waals surface area (Å²) in [5, 5.41) is 12.3. The Bertz CT molecular complexity index is 617. The second kappa shape index (κ2) is 5.87. The number of rotatable bonds is 4. The summed E-state index contributed by atoms with van der Waals surface area (Å²) in [6.45, 7) is 2.60. The summed E-state index contributed by atoms with van der Waals surface area (Å²) in [5.74, 6) is 0.601. The van der Waals surface area contributed by atoms with Gasteiger partial charge in [0.25, 0.3) is 0 Å². The van der Waals surface area contributed by atoms with Crippen LogP contribution >= 0.6 is 0 Å². The predicted molar refractivity (Wildman–Crippen MR) is 74.0 cm³/mol. The monoisotopic (exact) mass is 253 g/mol. The number of hydrogen-bond donors (Lipinski definition) is 1. The van der Waals surface area contributed by atoms with Crippen molar-refractivity contribution in [1.29, 1.82) is 5.26 Å². The molecule has 19 heavy (non-hydrogen) atoms. The molecular weight excluding hydrogens is 238 g/mol. The van der Waals surface area contributed by atoms with Crippen molar-refractivity contribution in [3.05, 3.63) is 53.3 Å². The highest BCUT2D eigenvalue weighted by atomic mass is 16.5. The number of nitrogens with one attached hydrogen (secondary N) is 1. The molecule has 0 radical (unpaired) electrons. The summed E-state index contributed by atoms with van der Waals surface area (Å²) >= 11 is 0. The molecule has 4 nitrogen and oxygen atoms in total. The van der Waals surface area contributed by atoms with Crippen molar-refractivity contribution in [2.45, 2.75) is 13.5 Å². The van der Waals surface area contributed by atoms with Crippen LogP contribution in [0.3, 0.4) is 0 Å². The number of aromatic nitrogens is 1. The van der Waals surface area contributed by atoms with E-state index >= 15 is 0 Å². The molecule has 0 aliphatic rings. The van der Waals surface area contributed by atoms with Crippen LogP contribution in [0.5, 0.6) is 5.75 Å². The van der Waals surface area contributed by atoms with Crippen molar-refractivity contribution in [2.75, 3.05) is 12.4 Å². The lowest BCUT2D eigenvalue weighted by Gasteiger charge is -2.10. The van der Waals surface area contributed by atoms with Gasteiger partial charge in [-0.1, -0.05) is 6.07 Å². The van der Waals surface area contributed by atoms with Crippen molar-refractivity contribution in [3.8, 4) is 11.8 Å². The van der Waals surface area contributed by atoms with Gasteiger partial charge in [-0.3, -0.25) is 4.98 Å². The van der Waals surface area contributed by atoms with Crippen molar-refractivity contribution in [2.24, 2.45) is 0 Å². The highest BCUT2D eigenvalue weighted by molar-refractivity contribution is 5.49. The topological polar surface area (TPSA) is 57.9 Å². The molecule has 0 spiro atoms. The molecule has 1 N–H and O–H groups in total. The summed E-state index contributed by atoms with van der Waals surface area (Å²) < 4.78 is 5.12. The van der Waals surface area contributed by atoms with E-state index in [9.17, 15) is 0 Å². The zero-order valence-electron chi connectivity index (χ0n) is 11.0. The van der Waals surface area contributed by atoms with Gasteiger partial charge in [-0.25, -0.2) is 0 Å². The van der Waals surface area contributed by atoms with Gasteiger partial charge in [0.15, 0.2) is 0 Å². The molecule has 1 heterocycles. The molecule has 0 saturated heterocycles. The number of ether oxygens (including phenoxy) is 1. The van der Waals surface area contributed by atoms with E-state index in [0.717, 1.165) is 16.9 Å². The number of benzene rings is 1. The molecule has 0 aliphatic carbocycles. The Hall–Kier alpha value is -2.54. The maximum atomic E-state index is 9.04. The summed E-state index contributed by atoms with van der Waals surface area (Å²) in [7, 11) is 1.56. The number of aryl methyl sites for hydroxylation is 1. The van der Waals surface area contributed by atoms with E-state index in [-0.39, 0.29) is 0 Å². The normalized spacial score (nSPS) is 9.74. The molecule has 2 rings (SSSR count). The lowest BCUT2D eigenvalue weighted by molar-refractivity contribution is 0.413. The fourth-order valence-electron chi connectivity index (χ4n) is 1.82. The standard InChI is InChI=1S/C15H15N3O/c1-11-14(4-3-7-17-11)18-10-12-5-6-15(19-2)13(8-12)9-16/h3-8,18H,10H2,1-2H3. The molecule has 0 atom stereocenters. The summed E-state index contributed by atoms with van der Waals surface area (Å²) in [6, 6.07) is 11.6. The van der Waals surface area contributed by atoms with Crippen LogP contribution < -0.4 is 10.1 Å². The highest BCUT2D eigenvalue weighted by Crippen LogP contribution is 2.20. The Morgan fingerprint density at radius 2 is 2.21 bits per heavy atom. The van der Waals surface area contributed by atoms with Gasteiger partial charge in [0, 0.05) is 12.7 Å². The fourth-order valence-corrected chi connectivity index (χ4v) is 1.82. The second-order valence-electron chi connectivity index (χ2n) is 4.14. The lowest BCUT2D eigenvalue weighted by atomic mass is 10.1. The molecule has 0 saturated carbocycles. The average molecular weight is 253 g/mol. The van der Waals surface area contributed by atoms with E-state index < -0.39 is 0 Å². The Morgan fingerprint density at radius 1 is 1.37 bits per heavy atom. The van der Waals surface area contributed by atoms with E-state index in [1.54, 1.807) is 13.3 Å². The summed E-state index contributed by atoms with van der Waals surface area (Å²) in [5.41, 5.74) is 3.53. The fraction of sp³-hybridized carbons (Fsp3) is 0.200. The van der Waals surface area contributed by atoms with Crippen LogP contribution in [-0.4, -0.2) is 12.1 Å². The van der Waals surface area contributed by atoms with E-state index in [0.29, 0.717) is 17.9 Å². The van der Waals surface area contributed by atoms with Crippen LogP contribution in [0.25, 0.3) is 0 Å². The van der Waals surface area contributed by atoms with Gasteiger partial charge in [0.1, 0.15) is 11.8 Å². The molecule has 1 aromatic heterocycles. The molecular formula is C15H15N3O. The first-order valence-electron chi connectivity index (χ1n) is 5.97. The van der Waals surface area contributed by atoms with E-state index in [2.05, 4.69) is 16.4 Å². The number of methoxy groups -OCH3 is 1. The minimum absolute atomic E-state index is 0.546. The number of nitriles is 1. The number of anilines is 1. The SMILES string of the molecule is COc1ccc(CNc2cccnc2C)cc1C#N. The van der Waals surface area contributed by atoms with Crippen LogP contribution in [0.4, 0.5) is 5.69 Å². The summed E-state index contributed by atoms with van der Waals surface area (Å²) in [6.07, 6.45) is 1.77. The first-order chi connectivity index (χ1) is 9.24.